The number of hydrogen-bond acceptors (Lipinski definition) is 2. The third kappa shape index (κ3) is 3.26. The molecule has 0 fully saturated rings. The van der Waals surface area contributed by atoms with E-state index in [1.54, 1.807) is 6.92 Å². The van der Waals surface area contributed by atoms with E-state index >= 15 is 0 Å². The Balaban J connectivity index is 3.22. The molecule has 0 saturated heterocycles. The number of carboxylic acids is 1. The van der Waals surface area contributed by atoms with Crippen molar-refractivity contribution in [2.75, 3.05) is 5.32 Å². The second kappa shape index (κ2) is 5.12. The van der Waals surface area contributed by atoms with Crippen LogP contribution in [0.25, 0.3) is 0 Å². The van der Waals surface area contributed by atoms with Crippen LogP contribution >= 0.6 is 0 Å². The lowest BCUT2D eigenvalue weighted by atomic mass is 10.1. The fourth-order valence-corrected chi connectivity index (χ4v) is 1.38. The molecule has 1 atom stereocenters. The van der Waals surface area contributed by atoms with E-state index < -0.39 is 23.3 Å². The number of benzene rings is 1. The summed E-state index contributed by atoms with van der Waals surface area (Å²) in [6.07, 6.45) is -3.18. The highest BCUT2D eigenvalue weighted by molar-refractivity contribution is 5.90. The number of rotatable bonds is 4. The van der Waals surface area contributed by atoms with Crippen LogP contribution in [0.4, 0.5) is 18.9 Å². The van der Waals surface area contributed by atoms with Gasteiger partial charge in [0.1, 0.15) is 0 Å². The van der Waals surface area contributed by atoms with Crippen LogP contribution < -0.4 is 5.32 Å². The van der Waals surface area contributed by atoms with Gasteiger partial charge in [0.25, 0.3) is 0 Å². The van der Waals surface area contributed by atoms with Crippen LogP contribution in [0, 0.1) is 0 Å². The monoisotopic (exact) mass is 259 g/mol. The number of aromatic carboxylic acids is 1. The maximum absolute atomic E-state index is 12.7. The molecule has 0 aliphatic heterocycles. The van der Waals surface area contributed by atoms with Gasteiger partial charge in [0, 0.05) is 11.7 Å². The Morgan fingerprint density at radius 3 is 2.56 bits per heavy atom. The number of hydrogen-bond donors (Lipinski definition) is 2. The van der Waals surface area contributed by atoms with Crippen LogP contribution in [-0.2, 0) is 6.18 Å². The molecule has 3 nitrogen and oxygen atoms in total. The summed E-state index contributed by atoms with van der Waals surface area (Å²) in [7, 11) is 0. The van der Waals surface area contributed by atoms with E-state index in [1.165, 1.54) is 12.1 Å². The van der Waals surface area contributed by atoms with E-state index in [-0.39, 0.29) is 11.7 Å². The van der Waals surface area contributed by atoms with Crippen LogP contribution in [-0.4, -0.2) is 17.1 Å². The predicted molar refractivity (Wildman–Crippen MR) is 61.7 cm³/mol. The minimum atomic E-state index is -4.71. The highest BCUT2D eigenvalue weighted by Crippen LogP contribution is 2.34. The zero-order chi connectivity index (χ0) is 13.9. The van der Waals surface area contributed by atoms with Crippen LogP contribution in [0.15, 0.2) is 30.9 Å². The Bertz CT molecular complexity index is 469. The maximum atomic E-state index is 12.7. The number of alkyl halides is 3. The van der Waals surface area contributed by atoms with Gasteiger partial charge < -0.3 is 10.4 Å². The van der Waals surface area contributed by atoms with Gasteiger partial charge in [-0.2, -0.15) is 13.2 Å². The standard InChI is InChI=1S/C12H12F3NO2/c1-3-7(2)16-8-4-5-9(11(17)18)10(6-8)12(13,14)15/h3-7,16H,1H2,2H3,(H,17,18). The molecule has 0 heterocycles. The summed E-state index contributed by atoms with van der Waals surface area (Å²) < 4.78 is 38.1. The predicted octanol–water partition coefficient (Wildman–Crippen LogP) is 3.39. The summed E-state index contributed by atoms with van der Waals surface area (Å²) >= 11 is 0. The van der Waals surface area contributed by atoms with Crippen molar-refractivity contribution in [3.05, 3.63) is 42.0 Å². The second-order valence-corrected chi connectivity index (χ2v) is 3.73. The molecule has 6 heteroatoms. The summed E-state index contributed by atoms with van der Waals surface area (Å²) in [5.74, 6) is -1.61. The van der Waals surface area contributed by atoms with Crippen LogP contribution in [0.3, 0.4) is 0 Å². The first-order chi connectivity index (χ1) is 8.25. The molecule has 0 radical (unpaired) electrons. The topological polar surface area (TPSA) is 49.3 Å². The quantitative estimate of drug-likeness (QED) is 0.815. The second-order valence-electron chi connectivity index (χ2n) is 3.73. The van der Waals surface area contributed by atoms with E-state index in [0.717, 1.165) is 12.1 Å². The molecular formula is C12H12F3NO2. The molecule has 1 rings (SSSR count). The van der Waals surface area contributed by atoms with E-state index in [2.05, 4.69) is 11.9 Å². The van der Waals surface area contributed by atoms with E-state index in [9.17, 15) is 18.0 Å². The molecule has 18 heavy (non-hydrogen) atoms. The molecule has 0 aliphatic carbocycles. The maximum Gasteiger partial charge on any atom is 0.417 e. The number of halogens is 3. The minimum absolute atomic E-state index is 0.194. The summed E-state index contributed by atoms with van der Waals surface area (Å²) in [6, 6.07) is 2.78. The van der Waals surface area contributed by atoms with Crippen molar-refractivity contribution >= 4 is 11.7 Å². The molecular weight excluding hydrogens is 247 g/mol. The lowest BCUT2D eigenvalue weighted by Crippen LogP contribution is -2.16. The van der Waals surface area contributed by atoms with Crippen molar-refractivity contribution in [3.8, 4) is 0 Å². The van der Waals surface area contributed by atoms with Gasteiger partial charge in [0.2, 0.25) is 0 Å². The lowest BCUT2D eigenvalue weighted by molar-refractivity contribution is -0.138. The first-order valence-electron chi connectivity index (χ1n) is 5.09. The first kappa shape index (κ1) is 14.1. The Hall–Kier alpha value is -1.98. The molecule has 1 aromatic carbocycles. The van der Waals surface area contributed by atoms with Gasteiger partial charge in [-0.15, -0.1) is 6.58 Å². The largest absolute Gasteiger partial charge is 0.478 e. The summed E-state index contributed by atoms with van der Waals surface area (Å²) in [5.41, 5.74) is -1.74. The van der Waals surface area contributed by atoms with Crippen LogP contribution in [0.5, 0.6) is 0 Å². The highest BCUT2D eigenvalue weighted by Gasteiger charge is 2.35. The minimum Gasteiger partial charge on any atom is -0.478 e. The summed E-state index contributed by atoms with van der Waals surface area (Å²) in [4.78, 5) is 10.7. The Morgan fingerprint density at radius 1 is 1.50 bits per heavy atom. The average Bonchev–Trinajstić information content (AvgIpc) is 2.27. The first-order valence-corrected chi connectivity index (χ1v) is 5.09. The van der Waals surface area contributed by atoms with Gasteiger partial charge in [0.05, 0.1) is 11.1 Å². The fourth-order valence-electron chi connectivity index (χ4n) is 1.38. The van der Waals surface area contributed by atoms with Crippen molar-refractivity contribution in [1.29, 1.82) is 0 Å². The molecule has 0 saturated carbocycles. The molecule has 98 valence electrons. The van der Waals surface area contributed by atoms with Gasteiger partial charge >= 0.3 is 12.1 Å². The van der Waals surface area contributed by atoms with E-state index in [0.29, 0.717) is 0 Å². The van der Waals surface area contributed by atoms with Gasteiger partial charge in [0.15, 0.2) is 0 Å². The van der Waals surface area contributed by atoms with E-state index in [4.69, 9.17) is 5.11 Å². The van der Waals surface area contributed by atoms with Gasteiger partial charge in [-0.3, -0.25) is 0 Å². The fraction of sp³-hybridized carbons (Fsp3) is 0.250. The molecule has 1 unspecified atom stereocenters. The number of nitrogens with one attached hydrogen (secondary N) is 1. The van der Waals surface area contributed by atoms with Crippen molar-refractivity contribution in [2.45, 2.75) is 19.1 Å². The highest BCUT2D eigenvalue weighted by atomic mass is 19.4. The SMILES string of the molecule is C=CC(C)Nc1ccc(C(=O)O)c(C(F)(F)F)c1. The Morgan fingerprint density at radius 2 is 2.11 bits per heavy atom. The zero-order valence-corrected chi connectivity index (χ0v) is 9.58. The number of anilines is 1. The third-order valence-corrected chi connectivity index (χ3v) is 2.30. The molecule has 0 spiro atoms. The van der Waals surface area contributed by atoms with Crippen molar-refractivity contribution in [3.63, 3.8) is 0 Å². The average molecular weight is 259 g/mol. The molecule has 2 N–H and O–H groups in total. The van der Waals surface area contributed by atoms with Crippen molar-refractivity contribution in [2.24, 2.45) is 0 Å². The Labute approximate surface area is 102 Å². The number of carboxylic acid groups (broad SMARTS) is 1. The molecule has 0 amide bonds. The molecule has 0 bridgehead atoms. The van der Waals surface area contributed by atoms with E-state index in [1.807, 2.05) is 0 Å². The van der Waals surface area contributed by atoms with Gasteiger partial charge in [-0.25, -0.2) is 4.79 Å². The van der Waals surface area contributed by atoms with Crippen LogP contribution in [0.2, 0.25) is 0 Å². The molecule has 1 aromatic rings. The molecule has 0 aliphatic rings. The normalized spacial score (nSPS) is 12.9. The summed E-state index contributed by atoms with van der Waals surface area (Å²) in [6.45, 7) is 5.21. The van der Waals surface area contributed by atoms with Crippen molar-refractivity contribution < 1.29 is 23.1 Å². The zero-order valence-electron chi connectivity index (χ0n) is 9.58. The lowest BCUT2D eigenvalue weighted by Gasteiger charge is -2.15. The number of carbonyl (C=O) groups is 1. The summed E-state index contributed by atoms with van der Waals surface area (Å²) in [5, 5.41) is 11.5. The van der Waals surface area contributed by atoms with Gasteiger partial charge in [-0.1, -0.05) is 6.08 Å². The van der Waals surface area contributed by atoms with Crippen molar-refractivity contribution in [1.82, 2.24) is 0 Å². The smallest absolute Gasteiger partial charge is 0.417 e. The third-order valence-electron chi connectivity index (χ3n) is 2.30. The molecule has 0 aromatic heterocycles. The van der Waals surface area contributed by atoms with Gasteiger partial charge in [-0.05, 0) is 25.1 Å². The van der Waals surface area contributed by atoms with Crippen LogP contribution in [0.1, 0.15) is 22.8 Å². The Kier molecular flexibility index (Phi) is 4.00.